The van der Waals surface area contributed by atoms with E-state index in [1.54, 1.807) is 42.5 Å². The first-order valence-electron chi connectivity index (χ1n) is 11.4. The van der Waals surface area contributed by atoms with Crippen LogP contribution in [0.4, 0.5) is 5.13 Å². The molecule has 1 N–H and O–H groups in total. The highest BCUT2D eigenvalue weighted by Gasteiger charge is 2.49. The molecule has 0 bridgehead atoms. The molecule has 1 fully saturated rings. The minimum absolute atomic E-state index is 0.0721. The number of hydrogen-bond acceptors (Lipinski definition) is 8. The Bertz CT molecular complexity index is 1560. The summed E-state index contributed by atoms with van der Waals surface area (Å²) in [6.45, 7) is 1.97. The van der Waals surface area contributed by atoms with E-state index in [1.165, 1.54) is 37.6 Å². The van der Waals surface area contributed by atoms with Gasteiger partial charge in [0.25, 0.3) is 5.78 Å². The SMILES string of the molecule is COc1ccc(C(O)=C2C(=O)C(=O)N(c3nc4ccc(C)cc4s3)[C@H]2c2cccc(OC)c2OC)cc1. The number of para-hydroxylation sites is 1. The molecule has 5 rings (SSSR count). The van der Waals surface area contributed by atoms with Crippen molar-refractivity contribution in [1.82, 2.24) is 4.98 Å². The van der Waals surface area contributed by atoms with Gasteiger partial charge in [0.1, 0.15) is 17.6 Å². The highest BCUT2D eigenvalue weighted by atomic mass is 32.1. The van der Waals surface area contributed by atoms with Crippen LogP contribution in [0, 0.1) is 6.92 Å². The number of aryl methyl sites for hydroxylation is 1. The average Bonchev–Trinajstić information content (AvgIpc) is 3.45. The Hall–Kier alpha value is -4.37. The lowest BCUT2D eigenvalue weighted by Crippen LogP contribution is -2.29. The molecule has 4 aromatic rings. The van der Waals surface area contributed by atoms with Crippen LogP contribution in [-0.2, 0) is 9.59 Å². The fourth-order valence-electron chi connectivity index (χ4n) is 4.48. The van der Waals surface area contributed by atoms with Gasteiger partial charge in [-0.25, -0.2) is 4.98 Å². The number of methoxy groups -OCH3 is 3. The van der Waals surface area contributed by atoms with E-state index in [9.17, 15) is 14.7 Å². The zero-order valence-corrected chi connectivity index (χ0v) is 21.5. The third-order valence-electron chi connectivity index (χ3n) is 6.27. The summed E-state index contributed by atoms with van der Waals surface area (Å²) in [5.41, 5.74) is 2.53. The molecule has 0 unspecified atom stereocenters. The molecule has 1 aliphatic rings. The summed E-state index contributed by atoms with van der Waals surface area (Å²) in [5.74, 6) is -0.558. The van der Waals surface area contributed by atoms with Crippen LogP contribution in [0.5, 0.6) is 17.2 Å². The highest BCUT2D eigenvalue weighted by molar-refractivity contribution is 7.22. The van der Waals surface area contributed by atoms with Gasteiger partial charge < -0.3 is 19.3 Å². The van der Waals surface area contributed by atoms with Crippen molar-refractivity contribution in [1.29, 1.82) is 0 Å². The van der Waals surface area contributed by atoms with Crippen molar-refractivity contribution in [2.24, 2.45) is 0 Å². The maximum atomic E-state index is 13.5. The topological polar surface area (TPSA) is 98.2 Å². The Balaban J connectivity index is 1.77. The van der Waals surface area contributed by atoms with Gasteiger partial charge in [-0.15, -0.1) is 0 Å². The van der Waals surface area contributed by atoms with Crippen molar-refractivity contribution in [3.63, 3.8) is 0 Å². The Labute approximate surface area is 217 Å². The number of ether oxygens (including phenoxy) is 3. The number of carbonyl (C=O) groups is 2. The molecule has 37 heavy (non-hydrogen) atoms. The third kappa shape index (κ3) is 4.07. The lowest BCUT2D eigenvalue weighted by Gasteiger charge is -2.25. The number of ketones is 1. The fourth-order valence-corrected chi connectivity index (χ4v) is 5.57. The Morgan fingerprint density at radius 1 is 0.973 bits per heavy atom. The predicted octanol–water partition coefficient (Wildman–Crippen LogP) is 5.26. The molecule has 1 atom stereocenters. The Morgan fingerprint density at radius 3 is 2.41 bits per heavy atom. The zero-order valence-electron chi connectivity index (χ0n) is 20.6. The second-order valence-corrected chi connectivity index (χ2v) is 9.46. The normalized spacial score (nSPS) is 16.9. The van der Waals surface area contributed by atoms with Crippen molar-refractivity contribution < 1.29 is 28.9 Å². The molecule has 2 heterocycles. The number of carbonyl (C=O) groups excluding carboxylic acids is 2. The molecule has 1 aliphatic heterocycles. The molecule has 0 radical (unpaired) electrons. The minimum atomic E-state index is -1.01. The molecule has 8 nitrogen and oxygen atoms in total. The van der Waals surface area contributed by atoms with Gasteiger partial charge in [-0.2, -0.15) is 0 Å². The monoisotopic (exact) mass is 516 g/mol. The lowest BCUT2D eigenvalue weighted by molar-refractivity contribution is -0.132. The smallest absolute Gasteiger partial charge is 0.301 e. The van der Waals surface area contributed by atoms with Gasteiger partial charge in [-0.1, -0.05) is 29.5 Å². The number of anilines is 1. The average molecular weight is 517 g/mol. The quantitative estimate of drug-likeness (QED) is 0.212. The number of aliphatic hydroxyl groups is 1. The van der Waals surface area contributed by atoms with E-state index in [0.29, 0.717) is 39.0 Å². The molecule has 1 aromatic heterocycles. The number of fused-ring (bicyclic) bond motifs is 1. The maximum absolute atomic E-state index is 13.5. The van der Waals surface area contributed by atoms with Crippen molar-refractivity contribution in [3.05, 3.63) is 82.9 Å². The number of hydrogen-bond donors (Lipinski definition) is 1. The maximum Gasteiger partial charge on any atom is 0.301 e. The standard InChI is InChI=1S/C28H24N2O6S/c1-15-8-13-19-21(14-15)37-28(29-19)30-23(18-6-5-7-20(35-3)26(18)36-4)22(25(32)27(30)33)24(31)16-9-11-17(34-2)12-10-16/h5-14,23,31H,1-4H3/t23-/m0/s1. The molecule has 3 aromatic carbocycles. The fraction of sp³-hybridized carbons (Fsp3) is 0.179. The van der Waals surface area contributed by atoms with Crippen LogP contribution in [0.15, 0.2) is 66.2 Å². The highest BCUT2D eigenvalue weighted by Crippen LogP contribution is 2.48. The van der Waals surface area contributed by atoms with Crippen LogP contribution in [-0.4, -0.2) is 43.1 Å². The number of benzene rings is 3. The van der Waals surface area contributed by atoms with Crippen LogP contribution in [0.25, 0.3) is 16.0 Å². The van der Waals surface area contributed by atoms with E-state index in [4.69, 9.17) is 14.2 Å². The summed E-state index contributed by atoms with van der Waals surface area (Å²) in [7, 11) is 4.53. The van der Waals surface area contributed by atoms with Crippen molar-refractivity contribution in [2.45, 2.75) is 13.0 Å². The van der Waals surface area contributed by atoms with E-state index in [1.807, 2.05) is 25.1 Å². The molecule has 0 aliphatic carbocycles. The number of aliphatic hydroxyl groups excluding tert-OH is 1. The first kappa shape index (κ1) is 24.3. The number of amides is 1. The van der Waals surface area contributed by atoms with Crippen molar-refractivity contribution >= 4 is 44.1 Å². The molecule has 0 saturated carbocycles. The number of nitrogens with zero attached hydrogens (tertiary/aromatic N) is 2. The summed E-state index contributed by atoms with van der Waals surface area (Å²) in [4.78, 5) is 33.0. The molecular formula is C28H24N2O6S. The summed E-state index contributed by atoms with van der Waals surface area (Å²) in [6.07, 6.45) is 0. The van der Waals surface area contributed by atoms with Crippen molar-refractivity contribution in [3.8, 4) is 17.2 Å². The van der Waals surface area contributed by atoms with E-state index < -0.39 is 17.7 Å². The first-order valence-corrected chi connectivity index (χ1v) is 12.2. The van der Waals surface area contributed by atoms with E-state index in [-0.39, 0.29) is 11.3 Å². The van der Waals surface area contributed by atoms with Crippen LogP contribution < -0.4 is 19.1 Å². The van der Waals surface area contributed by atoms with Gasteiger partial charge in [0.2, 0.25) is 0 Å². The molecule has 0 spiro atoms. The number of thiazole rings is 1. The third-order valence-corrected chi connectivity index (χ3v) is 7.29. The van der Waals surface area contributed by atoms with Gasteiger partial charge in [-0.05, 0) is 55.0 Å². The van der Waals surface area contributed by atoms with Gasteiger partial charge in [0.05, 0.1) is 37.1 Å². The van der Waals surface area contributed by atoms with E-state index >= 15 is 0 Å². The second kappa shape index (κ2) is 9.59. The Kier molecular flexibility index (Phi) is 6.31. The summed E-state index contributed by atoms with van der Waals surface area (Å²) >= 11 is 1.30. The lowest BCUT2D eigenvalue weighted by atomic mass is 9.94. The van der Waals surface area contributed by atoms with Crippen LogP contribution in [0.2, 0.25) is 0 Å². The summed E-state index contributed by atoms with van der Waals surface area (Å²) in [5, 5.41) is 11.7. The minimum Gasteiger partial charge on any atom is -0.507 e. The predicted molar refractivity (Wildman–Crippen MR) is 142 cm³/mol. The molecule has 9 heteroatoms. The van der Waals surface area contributed by atoms with Crippen molar-refractivity contribution in [2.75, 3.05) is 26.2 Å². The Morgan fingerprint density at radius 2 is 1.73 bits per heavy atom. The van der Waals surface area contributed by atoms with Gasteiger partial charge in [0.15, 0.2) is 16.6 Å². The summed E-state index contributed by atoms with van der Waals surface area (Å²) in [6, 6.07) is 16.6. The second-order valence-electron chi connectivity index (χ2n) is 8.45. The number of Topliss-reactive ketones (excluding diaryl/α,β-unsaturated/α-hetero) is 1. The van der Waals surface area contributed by atoms with Crippen LogP contribution in [0.3, 0.4) is 0 Å². The zero-order chi connectivity index (χ0) is 26.3. The number of rotatable bonds is 6. The van der Waals surface area contributed by atoms with Crippen LogP contribution >= 0.6 is 11.3 Å². The molecule has 1 saturated heterocycles. The molecule has 1 amide bonds. The van der Waals surface area contributed by atoms with E-state index in [2.05, 4.69) is 4.98 Å². The van der Waals surface area contributed by atoms with Gasteiger partial charge in [-0.3, -0.25) is 14.5 Å². The number of aromatic nitrogens is 1. The van der Waals surface area contributed by atoms with E-state index in [0.717, 1.165) is 10.3 Å². The van der Waals surface area contributed by atoms with Gasteiger partial charge in [0, 0.05) is 11.1 Å². The summed E-state index contributed by atoms with van der Waals surface area (Å²) < 4.78 is 17.2. The largest absolute Gasteiger partial charge is 0.507 e. The van der Waals surface area contributed by atoms with Gasteiger partial charge >= 0.3 is 5.91 Å². The molecule has 188 valence electrons. The first-order chi connectivity index (χ1) is 17.9. The molecular weight excluding hydrogens is 492 g/mol. The van der Waals surface area contributed by atoms with Crippen LogP contribution in [0.1, 0.15) is 22.7 Å².